The predicted octanol–water partition coefficient (Wildman–Crippen LogP) is 3.67. The minimum absolute atomic E-state index is 0.0389. The van der Waals surface area contributed by atoms with Crippen LogP contribution in [-0.2, 0) is 28.5 Å². The molecule has 1 spiro atoms. The molecule has 5 aliphatic rings. The molecule has 4 bridgehead atoms. The predicted molar refractivity (Wildman–Crippen MR) is 133 cm³/mol. The van der Waals surface area contributed by atoms with E-state index in [0.717, 1.165) is 5.57 Å². The van der Waals surface area contributed by atoms with Crippen LogP contribution in [0.1, 0.15) is 47.0 Å². The summed E-state index contributed by atoms with van der Waals surface area (Å²) in [7, 11) is 1.53. The number of hydrogen-bond acceptors (Lipinski definition) is 7. The lowest BCUT2D eigenvalue weighted by molar-refractivity contribution is -0.169. The van der Waals surface area contributed by atoms with Crippen LogP contribution in [0, 0.1) is 29.6 Å². The summed E-state index contributed by atoms with van der Waals surface area (Å²) in [6.07, 6.45) is 10.8. The van der Waals surface area contributed by atoms with E-state index >= 15 is 0 Å². The Balaban J connectivity index is 1.56. The lowest BCUT2D eigenvalue weighted by Gasteiger charge is -2.48. The van der Waals surface area contributed by atoms with E-state index in [4.69, 9.17) is 18.9 Å². The van der Waals surface area contributed by atoms with Gasteiger partial charge < -0.3 is 24.1 Å². The van der Waals surface area contributed by atoms with Crippen molar-refractivity contribution in [2.24, 2.45) is 29.6 Å². The molecule has 196 valence electrons. The van der Waals surface area contributed by atoms with Crippen LogP contribution in [0.3, 0.4) is 0 Å². The normalized spacial score (nSPS) is 46.9. The van der Waals surface area contributed by atoms with Gasteiger partial charge >= 0.3 is 11.9 Å². The van der Waals surface area contributed by atoms with Gasteiger partial charge in [-0.2, -0.15) is 0 Å². The van der Waals surface area contributed by atoms with E-state index in [0.29, 0.717) is 24.8 Å². The fourth-order valence-corrected chi connectivity index (χ4v) is 7.24. The van der Waals surface area contributed by atoms with Gasteiger partial charge in [-0.3, -0.25) is 0 Å². The number of ether oxygens (including phenoxy) is 4. The summed E-state index contributed by atoms with van der Waals surface area (Å²) in [5.74, 6) is -1.58. The fraction of sp³-hybridized carbons (Fsp3) is 0.655. The molecule has 1 saturated heterocycles. The molecule has 0 amide bonds. The highest BCUT2D eigenvalue weighted by molar-refractivity contribution is 5.90. The molecule has 7 nitrogen and oxygen atoms in total. The van der Waals surface area contributed by atoms with E-state index in [-0.39, 0.29) is 53.7 Å². The molecule has 2 fully saturated rings. The van der Waals surface area contributed by atoms with Crippen molar-refractivity contribution < 1.29 is 33.6 Å². The zero-order chi connectivity index (χ0) is 25.8. The van der Waals surface area contributed by atoms with Crippen molar-refractivity contribution in [1.82, 2.24) is 0 Å². The smallest absolute Gasteiger partial charge is 0.335 e. The highest BCUT2D eigenvalue weighted by atomic mass is 16.6. The number of esters is 2. The van der Waals surface area contributed by atoms with Gasteiger partial charge in [0.25, 0.3) is 0 Å². The van der Waals surface area contributed by atoms with E-state index in [1.165, 1.54) is 7.11 Å². The summed E-state index contributed by atoms with van der Waals surface area (Å²) in [6.45, 7) is 8.05. The second-order valence-electron chi connectivity index (χ2n) is 11.1. The number of rotatable bonds is 4. The molecule has 2 heterocycles. The highest BCUT2D eigenvalue weighted by Crippen LogP contribution is 2.61. The Morgan fingerprint density at radius 2 is 2.06 bits per heavy atom. The number of methoxy groups -OCH3 is 1. The van der Waals surface area contributed by atoms with Gasteiger partial charge in [-0.1, -0.05) is 57.2 Å². The number of aliphatic hydroxyl groups excluding tert-OH is 1. The second kappa shape index (κ2) is 9.58. The Kier molecular flexibility index (Phi) is 6.77. The number of aliphatic hydroxyl groups is 1. The number of allylic oxidation sites excluding steroid dienone is 3. The lowest BCUT2D eigenvalue weighted by atomic mass is 9.57. The molecule has 11 atom stereocenters. The zero-order valence-corrected chi connectivity index (χ0v) is 21.8. The molecule has 0 unspecified atom stereocenters. The Hall–Kier alpha value is -2.22. The first-order valence-corrected chi connectivity index (χ1v) is 13.3. The van der Waals surface area contributed by atoms with Gasteiger partial charge in [0, 0.05) is 42.3 Å². The van der Waals surface area contributed by atoms with Gasteiger partial charge in [0.2, 0.25) is 0 Å². The lowest BCUT2D eigenvalue weighted by Crippen LogP contribution is -2.57. The van der Waals surface area contributed by atoms with Crippen LogP contribution in [-0.4, -0.2) is 60.3 Å². The van der Waals surface area contributed by atoms with E-state index in [1.54, 1.807) is 6.08 Å². The van der Waals surface area contributed by atoms with Crippen LogP contribution < -0.4 is 0 Å². The highest BCUT2D eigenvalue weighted by Gasteiger charge is 2.69. The molecule has 0 radical (unpaired) electrons. The monoisotopic (exact) mass is 498 g/mol. The molecule has 2 aliphatic heterocycles. The molecule has 0 aromatic rings. The average molecular weight is 499 g/mol. The molecule has 7 heteroatoms. The first-order valence-electron chi connectivity index (χ1n) is 13.3. The van der Waals surface area contributed by atoms with Crippen LogP contribution in [0.15, 0.2) is 47.6 Å². The summed E-state index contributed by atoms with van der Waals surface area (Å²) in [5.41, 5.74) is 0.810. The SMILES string of the molecule is CC[C@H]1OC(=O)[C@@H](OC)C[C@H]2C=C[C@H]3[C@H]4O[C@]2(/C(C)=C/[C@H]1C)[C@@H]3[C@H](O)[C@@H](C)[C@H]4OC(=O)C1=CC=CC1. The molecule has 0 aromatic heterocycles. The Bertz CT molecular complexity index is 1020. The standard InChI is InChI=1S/C29H38O7/c1-6-21-15(2)13-16(3)29-19(14-22(33-5)28(32)34-21)11-12-20-23(29)24(30)17(4)25(26(20)36-29)35-27(31)18-9-7-8-10-18/h7-9,11-13,15,17,19-26,30H,6,10,14H2,1-5H3/b16-13+/t15-,17-,19-,20-,21-,22+,23+,24-,25-,26-,29+/m1/s1. The maximum atomic E-state index is 13.0. The van der Waals surface area contributed by atoms with Crippen molar-refractivity contribution in [3.8, 4) is 0 Å². The molecular formula is C29H38O7. The number of carbonyl (C=O) groups is 2. The fourth-order valence-electron chi connectivity index (χ4n) is 7.24. The van der Waals surface area contributed by atoms with Gasteiger partial charge in [-0.25, -0.2) is 9.59 Å². The molecule has 3 aliphatic carbocycles. The zero-order valence-electron chi connectivity index (χ0n) is 21.8. The third-order valence-corrected chi connectivity index (χ3v) is 9.16. The van der Waals surface area contributed by atoms with Gasteiger partial charge in [0.05, 0.1) is 6.10 Å². The summed E-state index contributed by atoms with van der Waals surface area (Å²) in [5, 5.41) is 11.7. The van der Waals surface area contributed by atoms with Crippen molar-refractivity contribution in [3.63, 3.8) is 0 Å². The number of cyclic esters (lactones) is 1. The minimum atomic E-state index is -0.825. The molecular weight excluding hydrogens is 460 g/mol. The quantitative estimate of drug-likeness (QED) is 0.467. The Morgan fingerprint density at radius 1 is 1.28 bits per heavy atom. The van der Waals surface area contributed by atoms with Crippen molar-refractivity contribution in [2.45, 2.75) is 83.1 Å². The third kappa shape index (κ3) is 3.82. The topological polar surface area (TPSA) is 91.3 Å². The van der Waals surface area contributed by atoms with Gasteiger partial charge in [-0.05, 0) is 31.8 Å². The number of hydrogen-bond donors (Lipinski definition) is 1. The first kappa shape index (κ1) is 25.4. The summed E-state index contributed by atoms with van der Waals surface area (Å²) >= 11 is 0. The van der Waals surface area contributed by atoms with Gasteiger partial charge in [0.1, 0.15) is 23.9 Å². The van der Waals surface area contributed by atoms with Crippen molar-refractivity contribution >= 4 is 11.9 Å². The van der Waals surface area contributed by atoms with Crippen LogP contribution in [0.25, 0.3) is 0 Å². The summed E-state index contributed by atoms with van der Waals surface area (Å²) < 4.78 is 24.5. The second-order valence-corrected chi connectivity index (χ2v) is 11.1. The van der Waals surface area contributed by atoms with E-state index in [9.17, 15) is 14.7 Å². The van der Waals surface area contributed by atoms with Crippen LogP contribution in [0.2, 0.25) is 0 Å². The van der Waals surface area contributed by atoms with Crippen LogP contribution in [0.4, 0.5) is 0 Å². The molecule has 36 heavy (non-hydrogen) atoms. The van der Waals surface area contributed by atoms with Crippen molar-refractivity contribution in [2.75, 3.05) is 7.11 Å². The molecule has 5 rings (SSSR count). The first-order chi connectivity index (χ1) is 17.2. The Labute approximate surface area is 213 Å². The third-order valence-electron chi connectivity index (χ3n) is 9.16. The largest absolute Gasteiger partial charge is 0.460 e. The summed E-state index contributed by atoms with van der Waals surface area (Å²) in [4.78, 5) is 26.0. The Morgan fingerprint density at radius 3 is 2.72 bits per heavy atom. The molecule has 1 N–H and O–H groups in total. The number of carbonyl (C=O) groups excluding carboxylic acids is 2. The maximum absolute atomic E-state index is 13.0. The van der Waals surface area contributed by atoms with E-state index in [2.05, 4.69) is 25.2 Å². The van der Waals surface area contributed by atoms with Crippen LogP contribution in [0.5, 0.6) is 0 Å². The van der Waals surface area contributed by atoms with Crippen molar-refractivity contribution in [1.29, 1.82) is 0 Å². The maximum Gasteiger partial charge on any atom is 0.335 e. The van der Waals surface area contributed by atoms with Gasteiger partial charge in [0.15, 0.2) is 6.10 Å². The minimum Gasteiger partial charge on any atom is -0.460 e. The van der Waals surface area contributed by atoms with Gasteiger partial charge in [-0.15, -0.1) is 0 Å². The molecule has 0 aromatic carbocycles. The molecule has 1 saturated carbocycles. The van der Waals surface area contributed by atoms with Crippen molar-refractivity contribution in [3.05, 3.63) is 47.6 Å². The van der Waals surface area contributed by atoms with Crippen LogP contribution >= 0.6 is 0 Å². The van der Waals surface area contributed by atoms with E-state index < -0.39 is 23.9 Å². The summed E-state index contributed by atoms with van der Waals surface area (Å²) in [6, 6.07) is 0. The van der Waals surface area contributed by atoms with E-state index in [1.807, 2.05) is 32.9 Å². The average Bonchev–Trinajstić information content (AvgIpc) is 3.46.